The van der Waals surface area contributed by atoms with Gasteiger partial charge in [-0.15, -0.1) is 0 Å². The quantitative estimate of drug-likeness (QED) is 0.732. The Morgan fingerprint density at radius 2 is 1.87 bits per heavy atom. The molecule has 0 aliphatic rings. The van der Waals surface area contributed by atoms with E-state index in [-0.39, 0.29) is 4.75 Å². The molecule has 2 atom stereocenters. The van der Waals surface area contributed by atoms with Gasteiger partial charge in [-0.1, -0.05) is 13.8 Å². The summed E-state index contributed by atoms with van der Waals surface area (Å²) in [5, 5.41) is 3.45. The average molecular weight is 233 g/mol. The second kappa shape index (κ2) is 7.39. The Labute approximate surface area is 97.7 Å². The standard InChI is InChI=1S/C12H27NOS/c1-6-11(13-7-2)9-8-10-15(14)12(3,4)5/h11,13H,6-10H2,1-5H3. The van der Waals surface area contributed by atoms with E-state index in [0.717, 1.165) is 31.6 Å². The van der Waals surface area contributed by atoms with Gasteiger partial charge in [0.1, 0.15) is 0 Å². The molecule has 0 aromatic heterocycles. The first kappa shape index (κ1) is 15.1. The predicted molar refractivity (Wildman–Crippen MR) is 69.8 cm³/mol. The van der Waals surface area contributed by atoms with Gasteiger partial charge in [-0.2, -0.15) is 0 Å². The number of hydrogen-bond acceptors (Lipinski definition) is 2. The minimum atomic E-state index is -0.687. The van der Waals surface area contributed by atoms with Gasteiger partial charge >= 0.3 is 0 Å². The van der Waals surface area contributed by atoms with Crippen molar-refractivity contribution in [1.82, 2.24) is 5.32 Å². The monoisotopic (exact) mass is 233 g/mol. The molecule has 0 saturated heterocycles. The normalized spacial score (nSPS) is 16.3. The molecule has 0 saturated carbocycles. The van der Waals surface area contributed by atoms with Crippen molar-refractivity contribution >= 4 is 10.8 Å². The smallest absolute Gasteiger partial charge is 0.0375 e. The molecule has 1 N–H and O–H groups in total. The molecule has 2 nitrogen and oxygen atoms in total. The van der Waals surface area contributed by atoms with Gasteiger partial charge in [-0.3, -0.25) is 4.21 Å². The summed E-state index contributed by atoms with van der Waals surface area (Å²) < 4.78 is 11.7. The van der Waals surface area contributed by atoms with Crippen LogP contribution in [-0.4, -0.2) is 27.3 Å². The predicted octanol–water partition coefficient (Wildman–Crippen LogP) is 2.70. The Morgan fingerprint density at radius 1 is 1.27 bits per heavy atom. The van der Waals surface area contributed by atoms with Gasteiger partial charge in [0.15, 0.2) is 0 Å². The molecule has 92 valence electrons. The van der Waals surface area contributed by atoms with Crippen LogP contribution in [0.4, 0.5) is 0 Å². The van der Waals surface area contributed by atoms with Crippen LogP contribution in [0.25, 0.3) is 0 Å². The van der Waals surface area contributed by atoms with E-state index in [4.69, 9.17) is 0 Å². The first-order chi connectivity index (χ1) is 6.91. The Hall–Kier alpha value is 0.110. The topological polar surface area (TPSA) is 29.1 Å². The first-order valence-electron chi connectivity index (χ1n) is 6.03. The number of nitrogens with one attached hydrogen (secondary N) is 1. The second-order valence-corrected chi connectivity index (χ2v) is 7.29. The first-order valence-corrected chi connectivity index (χ1v) is 7.35. The molecule has 0 amide bonds. The van der Waals surface area contributed by atoms with E-state index in [1.165, 1.54) is 0 Å². The lowest BCUT2D eigenvalue weighted by molar-refractivity contribution is 0.476. The van der Waals surface area contributed by atoms with Crippen LogP contribution in [-0.2, 0) is 10.8 Å². The highest BCUT2D eigenvalue weighted by Gasteiger charge is 2.18. The summed E-state index contributed by atoms with van der Waals surface area (Å²) in [6.07, 6.45) is 3.37. The fourth-order valence-corrected chi connectivity index (χ4v) is 2.55. The van der Waals surface area contributed by atoms with Gasteiger partial charge in [-0.25, -0.2) is 0 Å². The Kier molecular flexibility index (Phi) is 7.45. The van der Waals surface area contributed by atoms with E-state index in [1.807, 2.05) is 20.8 Å². The molecule has 0 heterocycles. The average Bonchev–Trinajstić information content (AvgIpc) is 2.14. The van der Waals surface area contributed by atoms with E-state index in [2.05, 4.69) is 19.2 Å². The molecule has 3 heteroatoms. The van der Waals surface area contributed by atoms with Gasteiger partial charge in [-0.05, 0) is 46.6 Å². The fraction of sp³-hybridized carbons (Fsp3) is 1.00. The lowest BCUT2D eigenvalue weighted by atomic mass is 10.1. The molecule has 0 fully saturated rings. The molecule has 0 spiro atoms. The second-order valence-electron chi connectivity index (χ2n) is 4.97. The van der Waals surface area contributed by atoms with Crippen LogP contribution in [0.3, 0.4) is 0 Å². The van der Waals surface area contributed by atoms with Crippen molar-refractivity contribution in [2.75, 3.05) is 12.3 Å². The van der Waals surface area contributed by atoms with Crippen molar-refractivity contribution in [3.63, 3.8) is 0 Å². The zero-order valence-electron chi connectivity index (χ0n) is 10.9. The van der Waals surface area contributed by atoms with Crippen molar-refractivity contribution in [2.45, 2.75) is 64.7 Å². The zero-order valence-corrected chi connectivity index (χ0v) is 11.7. The molecule has 15 heavy (non-hydrogen) atoms. The van der Waals surface area contributed by atoms with Crippen molar-refractivity contribution in [3.05, 3.63) is 0 Å². The van der Waals surface area contributed by atoms with Crippen LogP contribution in [0, 0.1) is 0 Å². The minimum Gasteiger partial charge on any atom is -0.314 e. The Bertz CT molecular complexity index is 187. The summed E-state index contributed by atoms with van der Waals surface area (Å²) in [6, 6.07) is 0.604. The van der Waals surface area contributed by atoms with Crippen molar-refractivity contribution in [1.29, 1.82) is 0 Å². The lowest BCUT2D eigenvalue weighted by Gasteiger charge is -2.19. The summed E-state index contributed by atoms with van der Waals surface area (Å²) in [7, 11) is -0.687. The van der Waals surface area contributed by atoms with Gasteiger partial charge in [0.25, 0.3) is 0 Å². The molecular weight excluding hydrogens is 206 g/mol. The van der Waals surface area contributed by atoms with Crippen molar-refractivity contribution < 1.29 is 4.21 Å². The molecule has 2 unspecified atom stereocenters. The van der Waals surface area contributed by atoms with Gasteiger partial charge in [0, 0.05) is 27.3 Å². The van der Waals surface area contributed by atoms with Crippen LogP contribution >= 0.6 is 0 Å². The third-order valence-corrected chi connectivity index (χ3v) is 4.58. The summed E-state index contributed by atoms with van der Waals surface area (Å²) in [6.45, 7) is 11.5. The number of hydrogen-bond donors (Lipinski definition) is 1. The summed E-state index contributed by atoms with van der Waals surface area (Å²) in [5.74, 6) is 0.839. The molecule has 0 aromatic rings. The Balaban J connectivity index is 3.73. The van der Waals surface area contributed by atoms with Crippen molar-refractivity contribution in [3.8, 4) is 0 Å². The van der Waals surface area contributed by atoms with Crippen molar-refractivity contribution in [2.24, 2.45) is 0 Å². The third-order valence-electron chi connectivity index (χ3n) is 2.55. The van der Waals surface area contributed by atoms with Gasteiger partial charge in [0.05, 0.1) is 0 Å². The molecule has 0 aromatic carbocycles. The zero-order chi connectivity index (χ0) is 11.9. The maximum Gasteiger partial charge on any atom is 0.0375 e. The SMILES string of the molecule is CCNC(CC)CCCS(=O)C(C)(C)C. The molecule has 0 rings (SSSR count). The van der Waals surface area contributed by atoms with Crippen LogP contribution in [0.5, 0.6) is 0 Å². The van der Waals surface area contributed by atoms with E-state index in [9.17, 15) is 4.21 Å². The van der Waals surface area contributed by atoms with Crippen LogP contribution in [0.2, 0.25) is 0 Å². The molecule has 0 aliphatic heterocycles. The van der Waals surface area contributed by atoms with Crippen LogP contribution in [0.15, 0.2) is 0 Å². The lowest BCUT2D eigenvalue weighted by Crippen LogP contribution is -2.29. The van der Waals surface area contributed by atoms with E-state index < -0.39 is 10.8 Å². The molecule has 0 aliphatic carbocycles. The number of rotatable bonds is 7. The minimum absolute atomic E-state index is 0.0557. The molecule has 0 bridgehead atoms. The van der Waals surface area contributed by atoms with Crippen LogP contribution < -0.4 is 5.32 Å². The third kappa shape index (κ3) is 7.07. The van der Waals surface area contributed by atoms with E-state index in [0.29, 0.717) is 6.04 Å². The highest BCUT2D eigenvalue weighted by atomic mass is 32.2. The highest BCUT2D eigenvalue weighted by molar-refractivity contribution is 7.86. The van der Waals surface area contributed by atoms with Gasteiger partial charge < -0.3 is 5.32 Å². The fourth-order valence-electron chi connectivity index (χ4n) is 1.51. The molecule has 0 radical (unpaired) electrons. The summed E-state index contributed by atoms with van der Waals surface area (Å²) in [4.78, 5) is 0. The van der Waals surface area contributed by atoms with Gasteiger partial charge in [0.2, 0.25) is 0 Å². The Morgan fingerprint density at radius 3 is 2.27 bits per heavy atom. The maximum absolute atomic E-state index is 11.8. The van der Waals surface area contributed by atoms with Crippen LogP contribution in [0.1, 0.15) is 53.9 Å². The maximum atomic E-state index is 11.8. The summed E-state index contributed by atoms with van der Waals surface area (Å²) in [5.41, 5.74) is 0. The summed E-state index contributed by atoms with van der Waals surface area (Å²) >= 11 is 0. The highest BCUT2D eigenvalue weighted by Crippen LogP contribution is 2.13. The van der Waals surface area contributed by atoms with E-state index >= 15 is 0 Å². The molecular formula is C12H27NOS. The largest absolute Gasteiger partial charge is 0.314 e. The van der Waals surface area contributed by atoms with E-state index in [1.54, 1.807) is 0 Å².